The third-order valence-electron chi connectivity index (χ3n) is 3.56. The van der Waals surface area contributed by atoms with Gasteiger partial charge >= 0.3 is 0 Å². The molecule has 8 heteroatoms. The van der Waals surface area contributed by atoms with Gasteiger partial charge in [0.1, 0.15) is 16.5 Å². The summed E-state index contributed by atoms with van der Waals surface area (Å²) in [5, 5.41) is 5.36. The van der Waals surface area contributed by atoms with E-state index in [0.29, 0.717) is 18.8 Å². The highest BCUT2D eigenvalue weighted by Gasteiger charge is 2.13. The maximum Gasteiger partial charge on any atom is 0.271 e. The molecule has 23 heavy (non-hydrogen) atoms. The molecule has 122 valence electrons. The minimum Gasteiger partial charge on any atom is -0.378 e. The standard InChI is InChI=1S/C15H19N5O2S/c16-8-14-19-12(10-23-14)15(21)18-9-11-1-2-17-13(7-11)20-3-5-22-6-4-20/h1-2,7,10H,3-6,8-9,16H2,(H,18,21). The third-order valence-corrected chi connectivity index (χ3v) is 4.43. The van der Waals surface area contributed by atoms with Crippen molar-refractivity contribution in [2.24, 2.45) is 5.73 Å². The van der Waals surface area contributed by atoms with Crippen molar-refractivity contribution in [1.82, 2.24) is 15.3 Å². The van der Waals surface area contributed by atoms with Crippen LogP contribution in [0.5, 0.6) is 0 Å². The zero-order chi connectivity index (χ0) is 16.1. The summed E-state index contributed by atoms with van der Waals surface area (Å²) in [5.74, 6) is 0.727. The Morgan fingerprint density at radius 3 is 3.00 bits per heavy atom. The molecule has 1 saturated heterocycles. The summed E-state index contributed by atoms with van der Waals surface area (Å²) in [4.78, 5) is 22.8. The van der Waals surface area contributed by atoms with Crippen molar-refractivity contribution in [3.63, 3.8) is 0 Å². The molecule has 7 nitrogen and oxygen atoms in total. The van der Waals surface area contributed by atoms with Crippen LogP contribution < -0.4 is 16.0 Å². The van der Waals surface area contributed by atoms with Crippen LogP contribution in [0.15, 0.2) is 23.7 Å². The number of hydrogen-bond donors (Lipinski definition) is 2. The van der Waals surface area contributed by atoms with Crippen LogP contribution in [0.2, 0.25) is 0 Å². The Labute approximate surface area is 138 Å². The van der Waals surface area contributed by atoms with Crippen molar-refractivity contribution >= 4 is 23.1 Å². The molecule has 2 aromatic rings. The predicted octanol–water partition coefficient (Wildman–Crippen LogP) is 0.763. The van der Waals surface area contributed by atoms with E-state index < -0.39 is 0 Å². The molecule has 0 spiro atoms. The van der Waals surface area contributed by atoms with E-state index in [2.05, 4.69) is 20.2 Å². The van der Waals surface area contributed by atoms with Gasteiger partial charge in [-0.25, -0.2) is 9.97 Å². The fourth-order valence-corrected chi connectivity index (χ4v) is 2.97. The number of carbonyl (C=O) groups is 1. The molecule has 2 aromatic heterocycles. The molecule has 0 radical (unpaired) electrons. The van der Waals surface area contributed by atoms with Crippen LogP contribution in [-0.2, 0) is 17.8 Å². The molecule has 0 aromatic carbocycles. The number of hydrogen-bond acceptors (Lipinski definition) is 7. The minimum atomic E-state index is -0.189. The zero-order valence-corrected chi connectivity index (χ0v) is 13.5. The summed E-state index contributed by atoms with van der Waals surface area (Å²) in [6.45, 7) is 3.90. The van der Waals surface area contributed by atoms with Crippen LogP contribution in [0.1, 0.15) is 21.1 Å². The van der Waals surface area contributed by atoms with Crippen molar-refractivity contribution < 1.29 is 9.53 Å². The first-order chi connectivity index (χ1) is 11.3. The van der Waals surface area contributed by atoms with E-state index in [1.54, 1.807) is 11.6 Å². The molecule has 0 unspecified atom stereocenters. The highest BCUT2D eigenvalue weighted by molar-refractivity contribution is 7.09. The van der Waals surface area contributed by atoms with E-state index in [1.807, 2.05) is 12.1 Å². The number of nitrogens with zero attached hydrogens (tertiary/aromatic N) is 3. The summed E-state index contributed by atoms with van der Waals surface area (Å²) >= 11 is 1.40. The van der Waals surface area contributed by atoms with Gasteiger partial charge in [-0.2, -0.15) is 0 Å². The highest BCUT2D eigenvalue weighted by Crippen LogP contribution is 2.14. The summed E-state index contributed by atoms with van der Waals surface area (Å²) in [7, 11) is 0. The molecule has 1 aliphatic rings. The fraction of sp³-hybridized carbons (Fsp3) is 0.400. The molecule has 0 bridgehead atoms. The van der Waals surface area contributed by atoms with Gasteiger partial charge in [0.25, 0.3) is 5.91 Å². The van der Waals surface area contributed by atoms with Crippen LogP contribution in [-0.4, -0.2) is 42.2 Å². The Morgan fingerprint density at radius 2 is 2.26 bits per heavy atom. The number of anilines is 1. The van der Waals surface area contributed by atoms with Gasteiger partial charge in [-0.05, 0) is 17.7 Å². The lowest BCUT2D eigenvalue weighted by molar-refractivity contribution is 0.0946. The molecule has 3 heterocycles. The first kappa shape index (κ1) is 15.9. The molecular formula is C15H19N5O2S. The second-order valence-corrected chi connectivity index (χ2v) is 6.08. The molecule has 0 aliphatic carbocycles. The molecular weight excluding hydrogens is 314 g/mol. The largest absolute Gasteiger partial charge is 0.378 e. The van der Waals surface area contributed by atoms with Gasteiger partial charge < -0.3 is 20.7 Å². The van der Waals surface area contributed by atoms with Crippen molar-refractivity contribution in [2.75, 3.05) is 31.2 Å². The Bertz CT molecular complexity index is 669. The zero-order valence-electron chi connectivity index (χ0n) is 12.7. The summed E-state index contributed by atoms with van der Waals surface area (Å²) < 4.78 is 5.35. The normalized spacial score (nSPS) is 14.7. The number of rotatable bonds is 5. The molecule has 3 rings (SSSR count). The molecule has 1 amide bonds. The lowest BCUT2D eigenvalue weighted by Gasteiger charge is -2.28. The summed E-state index contributed by atoms with van der Waals surface area (Å²) in [6, 6.07) is 3.90. The van der Waals surface area contributed by atoms with Crippen LogP contribution in [0.4, 0.5) is 5.82 Å². The second kappa shape index (κ2) is 7.49. The highest BCUT2D eigenvalue weighted by atomic mass is 32.1. The van der Waals surface area contributed by atoms with E-state index in [-0.39, 0.29) is 5.91 Å². The number of thiazole rings is 1. The van der Waals surface area contributed by atoms with E-state index in [9.17, 15) is 4.79 Å². The van der Waals surface area contributed by atoms with Crippen LogP contribution >= 0.6 is 11.3 Å². The topological polar surface area (TPSA) is 93.4 Å². The van der Waals surface area contributed by atoms with Crippen molar-refractivity contribution in [3.05, 3.63) is 40.0 Å². The average Bonchev–Trinajstić information content (AvgIpc) is 3.10. The van der Waals surface area contributed by atoms with Gasteiger partial charge in [-0.1, -0.05) is 0 Å². The monoisotopic (exact) mass is 333 g/mol. The average molecular weight is 333 g/mol. The molecule has 0 atom stereocenters. The van der Waals surface area contributed by atoms with E-state index >= 15 is 0 Å². The number of pyridine rings is 1. The SMILES string of the molecule is NCc1nc(C(=O)NCc2ccnc(N3CCOCC3)c2)cs1. The fourth-order valence-electron chi connectivity index (χ4n) is 2.32. The molecule has 1 fully saturated rings. The van der Waals surface area contributed by atoms with Crippen LogP contribution in [0.3, 0.4) is 0 Å². The number of carbonyl (C=O) groups excluding carboxylic acids is 1. The van der Waals surface area contributed by atoms with Gasteiger partial charge in [-0.15, -0.1) is 11.3 Å². The lowest BCUT2D eigenvalue weighted by Crippen LogP contribution is -2.36. The number of morpholine rings is 1. The number of nitrogens with one attached hydrogen (secondary N) is 1. The van der Waals surface area contributed by atoms with E-state index in [1.165, 1.54) is 11.3 Å². The van der Waals surface area contributed by atoms with E-state index in [4.69, 9.17) is 10.5 Å². The van der Waals surface area contributed by atoms with Crippen molar-refractivity contribution in [3.8, 4) is 0 Å². The van der Waals surface area contributed by atoms with Gasteiger partial charge in [0, 0.05) is 37.8 Å². The maximum atomic E-state index is 12.1. The Morgan fingerprint density at radius 1 is 1.43 bits per heavy atom. The number of amides is 1. The summed E-state index contributed by atoms with van der Waals surface area (Å²) in [6.07, 6.45) is 1.77. The maximum absolute atomic E-state index is 12.1. The third kappa shape index (κ3) is 4.04. The van der Waals surface area contributed by atoms with E-state index in [0.717, 1.165) is 42.7 Å². The predicted molar refractivity (Wildman–Crippen MR) is 88.4 cm³/mol. The Hall–Kier alpha value is -2.03. The Balaban J connectivity index is 1.60. The number of ether oxygens (including phenoxy) is 1. The van der Waals surface area contributed by atoms with Gasteiger partial charge in [0.05, 0.1) is 13.2 Å². The van der Waals surface area contributed by atoms with Crippen LogP contribution in [0, 0.1) is 0 Å². The molecule has 3 N–H and O–H groups in total. The summed E-state index contributed by atoms with van der Waals surface area (Å²) in [5.41, 5.74) is 6.93. The second-order valence-electron chi connectivity index (χ2n) is 5.13. The van der Waals surface area contributed by atoms with Crippen molar-refractivity contribution in [1.29, 1.82) is 0 Å². The Kier molecular flexibility index (Phi) is 5.16. The molecule has 0 saturated carbocycles. The first-order valence-electron chi connectivity index (χ1n) is 7.46. The molecule has 1 aliphatic heterocycles. The quantitative estimate of drug-likeness (QED) is 0.839. The number of aromatic nitrogens is 2. The smallest absolute Gasteiger partial charge is 0.271 e. The van der Waals surface area contributed by atoms with Crippen molar-refractivity contribution in [2.45, 2.75) is 13.1 Å². The lowest BCUT2D eigenvalue weighted by atomic mass is 10.2. The van der Waals surface area contributed by atoms with Gasteiger partial charge in [0.15, 0.2) is 0 Å². The number of nitrogens with two attached hydrogens (primary N) is 1. The minimum absolute atomic E-state index is 0.189. The first-order valence-corrected chi connectivity index (χ1v) is 8.34. The van der Waals surface area contributed by atoms with Gasteiger partial charge in [0.2, 0.25) is 0 Å². The van der Waals surface area contributed by atoms with Crippen LogP contribution in [0.25, 0.3) is 0 Å². The van der Waals surface area contributed by atoms with Gasteiger partial charge in [-0.3, -0.25) is 4.79 Å².